The number of ether oxygens (including phenoxy) is 1. The molecule has 0 amide bonds. The van der Waals surface area contributed by atoms with Crippen molar-refractivity contribution in [3.05, 3.63) is 41.3 Å². The van der Waals surface area contributed by atoms with Gasteiger partial charge in [0.15, 0.2) is 0 Å². The molecule has 0 atom stereocenters. The monoisotopic (exact) mass is 509 g/mol. The number of hydrogen-bond acceptors (Lipinski definition) is 8. The Kier molecular flexibility index (Phi) is 7.63. The van der Waals surface area contributed by atoms with Crippen molar-refractivity contribution in [2.45, 2.75) is 58.8 Å². The molecule has 0 radical (unpaired) electrons. The summed E-state index contributed by atoms with van der Waals surface area (Å²) in [4.78, 5) is 11.7. The lowest BCUT2D eigenvalue weighted by Gasteiger charge is -2.22. The molecule has 186 valence electrons. The van der Waals surface area contributed by atoms with Crippen LogP contribution in [0.15, 0.2) is 30.6 Å². The van der Waals surface area contributed by atoms with Crippen molar-refractivity contribution in [2.24, 2.45) is 7.05 Å². The Balaban J connectivity index is 1.68. The Morgan fingerprint density at radius 2 is 1.94 bits per heavy atom. The maximum Gasteiger partial charge on any atom is 0.215 e. The highest BCUT2D eigenvalue weighted by Gasteiger charge is 2.20. The summed E-state index contributed by atoms with van der Waals surface area (Å²) in [5.74, 6) is 1.09. The highest BCUT2D eigenvalue weighted by molar-refractivity contribution is 7.15. The molecule has 0 spiro atoms. The van der Waals surface area contributed by atoms with E-state index in [4.69, 9.17) is 9.72 Å². The molecule has 0 aliphatic carbocycles. The van der Waals surface area contributed by atoms with E-state index < -0.39 is 8.07 Å². The van der Waals surface area contributed by atoms with Crippen LogP contribution in [-0.4, -0.2) is 51.4 Å². The fourth-order valence-electron chi connectivity index (χ4n) is 3.65. The fourth-order valence-corrected chi connectivity index (χ4v) is 5.25. The van der Waals surface area contributed by atoms with Gasteiger partial charge in [0, 0.05) is 51.2 Å². The van der Waals surface area contributed by atoms with Crippen molar-refractivity contribution in [3.8, 4) is 11.1 Å². The van der Waals surface area contributed by atoms with Gasteiger partial charge in [-0.15, -0.1) is 10.2 Å². The number of hydrogen-bond donors (Lipinski definition) is 0. The second-order valence-corrected chi connectivity index (χ2v) is 16.9. The van der Waals surface area contributed by atoms with E-state index in [0.29, 0.717) is 12.6 Å². The Morgan fingerprint density at radius 1 is 1.14 bits per heavy atom. The van der Waals surface area contributed by atoms with E-state index in [9.17, 15) is 0 Å². The zero-order valence-electron chi connectivity index (χ0n) is 21.7. The van der Waals surface area contributed by atoms with E-state index in [1.54, 1.807) is 11.3 Å². The summed E-state index contributed by atoms with van der Waals surface area (Å²) in [5, 5.41) is 15.2. The molecule has 10 heteroatoms. The number of rotatable bonds is 10. The molecule has 8 nitrogen and oxygen atoms in total. The average Bonchev–Trinajstić information content (AvgIpc) is 3.44. The van der Waals surface area contributed by atoms with Gasteiger partial charge in [0.2, 0.25) is 5.13 Å². The van der Waals surface area contributed by atoms with Crippen LogP contribution in [0.2, 0.25) is 25.7 Å². The normalized spacial score (nSPS) is 12.1. The Hall–Kier alpha value is -2.69. The summed E-state index contributed by atoms with van der Waals surface area (Å²) in [6.45, 7) is 14.5. The van der Waals surface area contributed by atoms with Gasteiger partial charge in [-0.25, -0.2) is 4.98 Å². The number of pyridine rings is 2. The topological polar surface area (TPSA) is 81.9 Å². The van der Waals surface area contributed by atoms with Crippen molar-refractivity contribution in [1.82, 2.24) is 29.9 Å². The van der Waals surface area contributed by atoms with Crippen LogP contribution in [0, 0.1) is 0 Å². The van der Waals surface area contributed by atoms with Gasteiger partial charge in [-0.1, -0.05) is 51.7 Å². The Labute approximate surface area is 212 Å². The summed E-state index contributed by atoms with van der Waals surface area (Å²) < 4.78 is 7.97. The molecule has 0 saturated carbocycles. The molecular weight excluding hydrogens is 474 g/mol. The van der Waals surface area contributed by atoms with E-state index in [2.05, 4.69) is 66.8 Å². The van der Waals surface area contributed by atoms with E-state index in [1.807, 2.05) is 41.2 Å². The van der Waals surface area contributed by atoms with Gasteiger partial charge in [-0.05, 0) is 30.7 Å². The first kappa shape index (κ1) is 25.4. The maximum atomic E-state index is 6.12. The molecule has 4 aromatic rings. The van der Waals surface area contributed by atoms with Crippen LogP contribution in [0.1, 0.15) is 37.4 Å². The van der Waals surface area contributed by atoms with Crippen LogP contribution in [0.5, 0.6) is 0 Å². The SMILES string of the molecule is CCc1nn(C)cc1-c1cnc2ccc(N(COCC[Si](C)(C)C)c3nnc(C(C)C)s3)nc2c1. The highest BCUT2D eigenvalue weighted by atomic mass is 32.1. The lowest BCUT2D eigenvalue weighted by molar-refractivity contribution is 0.153. The summed E-state index contributed by atoms with van der Waals surface area (Å²) in [6, 6.07) is 7.18. The molecule has 4 heterocycles. The van der Waals surface area contributed by atoms with Crippen LogP contribution in [-0.2, 0) is 18.2 Å². The van der Waals surface area contributed by atoms with Gasteiger partial charge in [-0.2, -0.15) is 5.10 Å². The van der Waals surface area contributed by atoms with E-state index in [1.165, 1.54) is 0 Å². The first-order valence-electron chi connectivity index (χ1n) is 12.1. The molecule has 0 bridgehead atoms. The number of anilines is 2. The van der Waals surface area contributed by atoms with Gasteiger partial charge in [0.1, 0.15) is 17.6 Å². The second kappa shape index (κ2) is 10.5. The van der Waals surface area contributed by atoms with Crippen LogP contribution in [0.25, 0.3) is 22.2 Å². The molecular formula is C25H35N7OSSi. The van der Waals surface area contributed by atoms with Crippen LogP contribution in [0.4, 0.5) is 10.9 Å². The van der Waals surface area contributed by atoms with Crippen molar-refractivity contribution in [2.75, 3.05) is 18.2 Å². The molecule has 0 aliphatic heterocycles. The Morgan fingerprint density at radius 3 is 2.63 bits per heavy atom. The minimum absolute atomic E-state index is 0.319. The first-order chi connectivity index (χ1) is 16.6. The predicted octanol–water partition coefficient (Wildman–Crippen LogP) is 6.02. The fraction of sp³-hybridized carbons (Fsp3) is 0.480. The zero-order chi connectivity index (χ0) is 25.2. The van der Waals surface area contributed by atoms with Gasteiger partial charge in [0.25, 0.3) is 0 Å². The van der Waals surface area contributed by atoms with Crippen molar-refractivity contribution >= 4 is 41.4 Å². The number of aryl methyl sites for hydroxylation is 2. The third-order valence-corrected chi connectivity index (χ3v) is 8.67. The molecule has 0 saturated heterocycles. The van der Waals surface area contributed by atoms with Crippen LogP contribution in [0.3, 0.4) is 0 Å². The molecule has 0 unspecified atom stereocenters. The molecule has 4 aromatic heterocycles. The minimum Gasteiger partial charge on any atom is -0.361 e. The average molecular weight is 510 g/mol. The van der Waals surface area contributed by atoms with Crippen molar-refractivity contribution in [1.29, 1.82) is 0 Å². The van der Waals surface area contributed by atoms with Crippen molar-refractivity contribution < 1.29 is 4.74 Å². The molecule has 0 aliphatic rings. The summed E-state index contributed by atoms with van der Waals surface area (Å²) in [7, 11) is 0.766. The summed E-state index contributed by atoms with van der Waals surface area (Å²) >= 11 is 1.59. The third-order valence-electron chi connectivity index (χ3n) is 5.72. The standard InChI is InChI=1S/C25H35N7OSSi/c1-8-20-19(15-31(4)30-20)18-13-22-21(26-14-18)9-10-23(27-22)32(16-33-11-12-35(5,6)7)25-29-28-24(34-25)17(2)3/h9-10,13-15,17H,8,11-12,16H2,1-7H3. The third kappa shape index (κ3) is 6.12. The minimum atomic E-state index is -1.18. The Bertz CT molecular complexity index is 1290. The first-order valence-corrected chi connectivity index (χ1v) is 16.7. The van der Waals surface area contributed by atoms with E-state index in [0.717, 1.165) is 62.9 Å². The highest BCUT2D eigenvalue weighted by Crippen LogP contribution is 2.32. The molecule has 4 rings (SSSR count). The zero-order valence-corrected chi connectivity index (χ0v) is 23.6. The van der Waals surface area contributed by atoms with Gasteiger partial charge >= 0.3 is 0 Å². The van der Waals surface area contributed by atoms with Crippen molar-refractivity contribution in [3.63, 3.8) is 0 Å². The number of aromatic nitrogens is 6. The molecule has 35 heavy (non-hydrogen) atoms. The van der Waals surface area contributed by atoms with Crippen LogP contribution < -0.4 is 4.90 Å². The lowest BCUT2D eigenvalue weighted by Crippen LogP contribution is -2.26. The molecule has 0 N–H and O–H groups in total. The predicted molar refractivity (Wildman–Crippen MR) is 146 cm³/mol. The van der Waals surface area contributed by atoms with E-state index >= 15 is 0 Å². The van der Waals surface area contributed by atoms with Gasteiger partial charge < -0.3 is 4.74 Å². The molecule has 0 fully saturated rings. The lowest BCUT2D eigenvalue weighted by atomic mass is 10.1. The smallest absolute Gasteiger partial charge is 0.215 e. The van der Waals surface area contributed by atoms with Gasteiger partial charge in [0.05, 0.1) is 16.7 Å². The number of nitrogens with zero attached hydrogens (tertiary/aromatic N) is 7. The summed E-state index contributed by atoms with van der Waals surface area (Å²) in [5.41, 5.74) is 4.83. The maximum absolute atomic E-state index is 6.12. The second-order valence-electron chi connectivity index (χ2n) is 10.3. The summed E-state index contributed by atoms with van der Waals surface area (Å²) in [6.07, 6.45) is 4.80. The van der Waals surface area contributed by atoms with E-state index in [-0.39, 0.29) is 0 Å². The van der Waals surface area contributed by atoms with Gasteiger partial charge in [-0.3, -0.25) is 14.6 Å². The largest absolute Gasteiger partial charge is 0.361 e. The van der Waals surface area contributed by atoms with Crippen LogP contribution >= 0.6 is 11.3 Å². The number of fused-ring (bicyclic) bond motifs is 1. The quantitative estimate of drug-likeness (QED) is 0.147. The molecule has 0 aromatic carbocycles.